The number of halogens is 1. The molecule has 1 fully saturated rings. The maximum absolute atomic E-state index is 13.0. The smallest absolute Gasteiger partial charge is 0.220 e. The van der Waals surface area contributed by atoms with Crippen molar-refractivity contribution in [2.45, 2.75) is 57.1 Å². The zero-order valence-corrected chi connectivity index (χ0v) is 20.6. The summed E-state index contributed by atoms with van der Waals surface area (Å²) in [5.41, 5.74) is 1.19. The average Bonchev–Trinajstić information content (AvgIpc) is 3.41. The van der Waals surface area contributed by atoms with Gasteiger partial charge in [0.05, 0.1) is 6.04 Å². The summed E-state index contributed by atoms with van der Waals surface area (Å²) in [7, 11) is 0. The molecule has 7 nitrogen and oxygen atoms in total. The number of fused-ring (bicyclic) bond motifs is 1. The van der Waals surface area contributed by atoms with Crippen molar-refractivity contribution in [2.24, 2.45) is 0 Å². The topological polar surface area (TPSA) is 88.1 Å². The highest BCUT2D eigenvalue weighted by Gasteiger charge is 2.27. The van der Waals surface area contributed by atoms with E-state index in [1.807, 2.05) is 6.07 Å². The fraction of sp³-hybridized carbons (Fsp3) is 0.500. The van der Waals surface area contributed by atoms with E-state index in [0.29, 0.717) is 68.1 Å². The van der Waals surface area contributed by atoms with Gasteiger partial charge in [-0.05, 0) is 80.7 Å². The lowest BCUT2D eigenvalue weighted by atomic mass is 10.00. The summed E-state index contributed by atoms with van der Waals surface area (Å²) >= 11 is 0. The molecule has 2 aliphatic heterocycles. The number of carbonyl (C=O) groups is 2. The number of hydrogen-bond donors (Lipinski definition) is 2. The summed E-state index contributed by atoms with van der Waals surface area (Å²) in [5, 5.41) is 14.2. The zero-order chi connectivity index (χ0) is 25.3. The number of nitrogens with zero attached hydrogens (tertiary/aromatic N) is 1. The first-order chi connectivity index (χ1) is 17.5. The van der Waals surface area contributed by atoms with Crippen molar-refractivity contribution in [3.8, 4) is 11.5 Å². The number of ether oxygens (including phenoxy) is 2. The van der Waals surface area contributed by atoms with E-state index in [-0.39, 0.29) is 17.5 Å². The first kappa shape index (κ1) is 26.1. The van der Waals surface area contributed by atoms with Gasteiger partial charge in [0.2, 0.25) is 5.91 Å². The van der Waals surface area contributed by atoms with E-state index in [1.54, 1.807) is 12.1 Å². The molecule has 36 heavy (non-hydrogen) atoms. The lowest BCUT2D eigenvalue weighted by molar-refractivity contribution is -0.123. The number of rotatable bonds is 12. The van der Waals surface area contributed by atoms with E-state index in [9.17, 15) is 19.1 Å². The van der Waals surface area contributed by atoms with E-state index < -0.39 is 12.1 Å². The third kappa shape index (κ3) is 7.27. The second-order valence-electron chi connectivity index (χ2n) is 9.52. The van der Waals surface area contributed by atoms with Gasteiger partial charge in [0, 0.05) is 24.9 Å². The van der Waals surface area contributed by atoms with Gasteiger partial charge >= 0.3 is 0 Å². The largest absolute Gasteiger partial charge is 0.486 e. The number of benzene rings is 2. The highest BCUT2D eigenvalue weighted by Crippen LogP contribution is 2.33. The molecule has 8 heteroatoms. The van der Waals surface area contributed by atoms with E-state index >= 15 is 0 Å². The number of nitrogens with one attached hydrogen (secondary N) is 1. The van der Waals surface area contributed by atoms with Gasteiger partial charge in [0.1, 0.15) is 25.1 Å². The molecule has 0 saturated carbocycles. The molecule has 0 bridgehead atoms. The molecule has 4 rings (SSSR count). The van der Waals surface area contributed by atoms with Crippen LogP contribution in [0.3, 0.4) is 0 Å². The number of amides is 1. The Morgan fingerprint density at radius 3 is 2.39 bits per heavy atom. The van der Waals surface area contributed by atoms with Crippen LogP contribution >= 0.6 is 0 Å². The number of aliphatic hydroxyl groups excluding tert-OH is 1. The van der Waals surface area contributed by atoms with Gasteiger partial charge in [0.15, 0.2) is 17.3 Å². The van der Waals surface area contributed by atoms with E-state index in [1.165, 1.54) is 24.3 Å². The lowest BCUT2D eigenvalue weighted by Crippen LogP contribution is -2.46. The molecule has 2 aromatic rings. The average molecular weight is 499 g/mol. The SMILES string of the molecule is O=C(CCCCCC(=O)c1ccc(F)cc1)N[C@H](CN1CCCC1)C(O)c1ccc2c(c1)OCCO2. The van der Waals surface area contributed by atoms with Crippen LogP contribution in [0.1, 0.15) is 67.0 Å². The number of unbranched alkanes of at least 4 members (excludes halogenated alkanes) is 2. The molecule has 2 aliphatic rings. The van der Waals surface area contributed by atoms with Gasteiger partial charge in [-0.2, -0.15) is 0 Å². The van der Waals surface area contributed by atoms with Gasteiger partial charge in [-0.15, -0.1) is 0 Å². The molecule has 194 valence electrons. The third-order valence-electron chi connectivity index (χ3n) is 6.76. The molecule has 1 saturated heterocycles. The van der Waals surface area contributed by atoms with Crippen LogP contribution in [-0.4, -0.2) is 60.6 Å². The predicted molar refractivity (Wildman–Crippen MR) is 134 cm³/mol. The monoisotopic (exact) mass is 498 g/mol. The van der Waals surface area contributed by atoms with Crippen LogP contribution < -0.4 is 14.8 Å². The summed E-state index contributed by atoms with van der Waals surface area (Å²) in [4.78, 5) is 27.2. The van der Waals surface area contributed by atoms with Crippen LogP contribution in [0.25, 0.3) is 0 Å². The summed E-state index contributed by atoms with van der Waals surface area (Å²) in [6.45, 7) is 3.47. The van der Waals surface area contributed by atoms with Gasteiger partial charge in [-0.1, -0.05) is 12.5 Å². The van der Waals surface area contributed by atoms with Crippen LogP contribution in [0.2, 0.25) is 0 Å². The fourth-order valence-electron chi connectivity index (χ4n) is 4.75. The molecule has 1 unspecified atom stereocenters. The Morgan fingerprint density at radius 1 is 0.944 bits per heavy atom. The summed E-state index contributed by atoms with van der Waals surface area (Å²) in [5.74, 6) is 0.780. The Morgan fingerprint density at radius 2 is 1.64 bits per heavy atom. The summed E-state index contributed by atoms with van der Waals surface area (Å²) in [6, 6.07) is 10.5. The Hall–Kier alpha value is -2.97. The Kier molecular flexibility index (Phi) is 9.30. The van der Waals surface area contributed by atoms with Crippen molar-refractivity contribution in [1.29, 1.82) is 0 Å². The molecular formula is C28H35FN2O5. The van der Waals surface area contributed by atoms with Crippen LogP contribution in [0.4, 0.5) is 4.39 Å². The van der Waals surface area contributed by atoms with Gasteiger partial charge in [-0.3, -0.25) is 9.59 Å². The molecular weight excluding hydrogens is 463 g/mol. The Balaban J connectivity index is 1.27. The molecule has 0 radical (unpaired) electrons. The first-order valence-corrected chi connectivity index (χ1v) is 12.9. The van der Waals surface area contributed by atoms with Crippen molar-refractivity contribution in [2.75, 3.05) is 32.8 Å². The lowest BCUT2D eigenvalue weighted by Gasteiger charge is -2.29. The van der Waals surface area contributed by atoms with Crippen molar-refractivity contribution in [1.82, 2.24) is 10.2 Å². The molecule has 0 aromatic heterocycles. The zero-order valence-electron chi connectivity index (χ0n) is 20.6. The maximum Gasteiger partial charge on any atom is 0.220 e. The minimum Gasteiger partial charge on any atom is -0.486 e. The number of carbonyl (C=O) groups excluding carboxylic acids is 2. The van der Waals surface area contributed by atoms with E-state index in [4.69, 9.17) is 9.47 Å². The van der Waals surface area contributed by atoms with Crippen LogP contribution in [0.15, 0.2) is 42.5 Å². The standard InChI is InChI=1S/C28H35FN2O5/c29-22-11-8-20(9-12-22)24(32)6-2-1-3-7-27(33)30-23(19-31-14-4-5-15-31)28(34)21-10-13-25-26(18-21)36-17-16-35-25/h8-13,18,23,28,34H,1-7,14-17,19H2,(H,30,33)/t23-,28?/m1/s1. The second-order valence-corrected chi connectivity index (χ2v) is 9.52. The van der Waals surface area contributed by atoms with Crippen LogP contribution in [-0.2, 0) is 4.79 Å². The summed E-state index contributed by atoms with van der Waals surface area (Å²) < 4.78 is 24.3. The molecule has 0 spiro atoms. The molecule has 2 atom stereocenters. The van der Waals surface area contributed by atoms with E-state index in [2.05, 4.69) is 10.2 Å². The van der Waals surface area contributed by atoms with Crippen molar-refractivity contribution >= 4 is 11.7 Å². The molecule has 1 amide bonds. The Bertz CT molecular complexity index is 1020. The normalized spacial score (nSPS) is 16.9. The van der Waals surface area contributed by atoms with Crippen LogP contribution in [0, 0.1) is 5.82 Å². The third-order valence-corrected chi connectivity index (χ3v) is 6.76. The highest BCUT2D eigenvalue weighted by molar-refractivity contribution is 5.95. The number of hydrogen-bond acceptors (Lipinski definition) is 6. The number of likely N-dealkylation sites (tertiary alicyclic amines) is 1. The van der Waals surface area contributed by atoms with Crippen molar-refractivity contribution < 1.29 is 28.6 Å². The molecule has 2 heterocycles. The number of ketones is 1. The molecule has 2 N–H and O–H groups in total. The van der Waals surface area contributed by atoms with Crippen LogP contribution in [0.5, 0.6) is 11.5 Å². The second kappa shape index (κ2) is 12.8. The van der Waals surface area contributed by atoms with Gasteiger partial charge in [0.25, 0.3) is 0 Å². The van der Waals surface area contributed by atoms with Crippen molar-refractivity contribution in [3.63, 3.8) is 0 Å². The number of aliphatic hydroxyl groups is 1. The fourth-order valence-corrected chi connectivity index (χ4v) is 4.75. The Labute approximate surface area is 211 Å². The van der Waals surface area contributed by atoms with E-state index in [0.717, 1.165) is 32.4 Å². The molecule has 2 aromatic carbocycles. The van der Waals surface area contributed by atoms with Gasteiger partial charge < -0.3 is 24.8 Å². The quantitative estimate of drug-likeness (QED) is 0.339. The van der Waals surface area contributed by atoms with Gasteiger partial charge in [-0.25, -0.2) is 4.39 Å². The minimum atomic E-state index is -0.876. The minimum absolute atomic E-state index is 0.0207. The summed E-state index contributed by atoms with van der Waals surface area (Å²) in [6.07, 6.45) is 4.12. The predicted octanol–water partition coefficient (Wildman–Crippen LogP) is 4.04. The maximum atomic E-state index is 13.0. The number of Topliss-reactive ketones (excluding diaryl/α,β-unsaturated/α-hetero) is 1. The molecule has 0 aliphatic carbocycles. The van der Waals surface area contributed by atoms with Crippen molar-refractivity contribution in [3.05, 3.63) is 59.4 Å². The first-order valence-electron chi connectivity index (χ1n) is 12.9. The highest BCUT2D eigenvalue weighted by atomic mass is 19.1.